The quantitative estimate of drug-likeness (QED) is 0.605. The summed E-state index contributed by atoms with van der Waals surface area (Å²) in [5.74, 6) is -1.15. The normalized spacial score (nSPS) is 11.2. The number of hydrogen-bond donors (Lipinski definition) is 2. The molecule has 0 aliphatic rings. The molecular weight excluding hydrogens is 430 g/mol. The summed E-state index contributed by atoms with van der Waals surface area (Å²) in [7, 11) is -3.34. The van der Waals surface area contributed by atoms with Crippen LogP contribution in [-0.2, 0) is 9.84 Å². The van der Waals surface area contributed by atoms with Crippen LogP contribution in [0.1, 0.15) is 20.8 Å². The highest BCUT2D eigenvalue weighted by atomic mass is 35.5. The maximum Gasteiger partial charge on any atom is 0.289 e. The van der Waals surface area contributed by atoms with Gasteiger partial charge in [0.25, 0.3) is 11.8 Å². The van der Waals surface area contributed by atoms with Crippen molar-refractivity contribution < 1.29 is 18.0 Å². The van der Waals surface area contributed by atoms with Crippen molar-refractivity contribution in [2.75, 3.05) is 6.26 Å². The van der Waals surface area contributed by atoms with E-state index in [1.165, 1.54) is 46.9 Å². The van der Waals surface area contributed by atoms with E-state index >= 15 is 0 Å². The van der Waals surface area contributed by atoms with Crippen LogP contribution >= 0.6 is 34.3 Å². The molecule has 0 bridgehead atoms. The Morgan fingerprint density at radius 1 is 1.04 bits per heavy atom. The number of halogens is 1. The third kappa shape index (κ3) is 4.72. The van der Waals surface area contributed by atoms with Gasteiger partial charge in [-0.3, -0.25) is 20.4 Å². The number of sulfone groups is 1. The second-order valence-electron chi connectivity index (χ2n) is 5.35. The molecule has 2 aromatic heterocycles. The summed E-state index contributed by atoms with van der Waals surface area (Å²) in [6, 6.07) is 8.93. The summed E-state index contributed by atoms with van der Waals surface area (Å²) >= 11 is 8.53. The van der Waals surface area contributed by atoms with Crippen LogP contribution in [0, 0.1) is 0 Å². The monoisotopic (exact) mass is 441 g/mol. The molecule has 2 amide bonds. The molecule has 7 nitrogen and oxygen atoms in total. The summed E-state index contributed by atoms with van der Waals surface area (Å²) in [5.41, 5.74) is 4.91. The molecule has 0 atom stereocenters. The molecule has 0 fully saturated rings. The third-order valence-corrected chi connectivity index (χ3v) is 6.73. The number of thiazole rings is 1. The lowest BCUT2D eigenvalue weighted by atomic mass is 10.2. The van der Waals surface area contributed by atoms with E-state index in [-0.39, 0.29) is 16.2 Å². The first kappa shape index (κ1) is 19.5. The van der Waals surface area contributed by atoms with Crippen LogP contribution in [0.2, 0.25) is 4.34 Å². The van der Waals surface area contributed by atoms with Crippen LogP contribution in [0.5, 0.6) is 0 Å². The second-order valence-corrected chi connectivity index (χ2v) is 9.94. The molecule has 11 heteroatoms. The Hall–Kier alpha value is -2.27. The fraction of sp³-hybridized carbons (Fsp3) is 0.0625. The first-order valence-corrected chi connectivity index (χ1v) is 11.3. The standard InChI is InChI=1S/C16H12ClN3O4S3/c1-27(23,24)10-4-2-9(3-5-10)14(21)19-20-15(22)11-8-25-16(18-11)12-6-7-13(17)26-12/h2-8H,1H3,(H,19,21)(H,20,22). The summed E-state index contributed by atoms with van der Waals surface area (Å²) in [6.07, 6.45) is 1.08. The molecule has 0 spiro atoms. The number of benzene rings is 1. The first-order chi connectivity index (χ1) is 12.7. The summed E-state index contributed by atoms with van der Waals surface area (Å²) in [5, 5.41) is 2.23. The van der Waals surface area contributed by atoms with Crippen molar-refractivity contribution in [3.63, 3.8) is 0 Å². The number of hydrazine groups is 1. The number of carbonyl (C=O) groups is 2. The molecule has 0 aliphatic carbocycles. The van der Waals surface area contributed by atoms with Gasteiger partial charge in [-0.1, -0.05) is 11.6 Å². The predicted molar refractivity (Wildman–Crippen MR) is 105 cm³/mol. The number of nitrogens with one attached hydrogen (secondary N) is 2. The number of hydrogen-bond acceptors (Lipinski definition) is 7. The van der Waals surface area contributed by atoms with Crippen LogP contribution in [0.25, 0.3) is 9.88 Å². The van der Waals surface area contributed by atoms with Gasteiger partial charge in [-0.2, -0.15) is 0 Å². The Labute approximate surface area is 167 Å². The fourth-order valence-electron chi connectivity index (χ4n) is 2.02. The molecule has 0 saturated carbocycles. The van der Waals surface area contributed by atoms with E-state index in [0.717, 1.165) is 11.1 Å². The molecule has 3 rings (SSSR count). The minimum absolute atomic E-state index is 0.103. The molecular formula is C16H12ClN3O4S3. The molecule has 2 heterocycles. The van der Waals surface area contributed by atoms with Gasteiger partial charge in [0.2, 0.25) is 0 Å². The van der Waals surface area contributed by atoms with Crippen molar-refractivity contribution in [1.82, 2.24) is 15.8 Å². The van der Waals surface area contributed by atoms with Crippen LogP contribution < -0.4 is 10.9 Å². The Balaban J connectivity index is 1.62. The lowest BCUT2D eigenvalue weighted by molar-refractivity contribution is 0.0844. The second kappa shape index (κ2) is 7.77. The lowest BCUT2D eigenvalue weighted by Crippen LogP contribution is -2.41. The zero-order valence-corrected chi connectivity index (χ0v) is 16.9. The number of nitrogens with zero attached hydrogens (tertiary/aromatic N) is 1. The zero-order valence-electron chi connectivity index (χ0n) is 13.7. The van der Waals surface area contributed by atoms with Crippen molar-refractivity contribution >= 4 is 55.9 Å². The first-order valence-electron chi connectivity index (χ1n) is 7.36. The van der Waals surface area contributed by atoms with Gasteiger partial charge in [-0.05, 0) is 36.4 Å². The van der Waals surface area contributed by atoms with Crippen LogP contribution in [0.3, 0.4) is 0 Å². The smallest absolute Gasteiger partial charge is 0.267 e. The van der Waals surface area contributed by atoms with Crippen LogP contribution in [0.15, 0.2) is 46.7 Å². The van der Waals surface area contributed by atoms with E-state index in [1.54, 1.807) is 11.4 Å². The molecule has 27 heavy (non-hydrogen) atoms. The van der Waals surface area contributed by atoms with Crippen molar-refractivity contribution in [2.45, 2.75) is 4.90 Å². The minimum atomic E-state index is -3.34. The van der Waals surface area contributed by atoms with Crippen molar-refractivity contribution in [1.29, 1.82) is 0 Å². The number of thiophene rings is 1. The Bertz CT molecular complexity index is 1100. The van der Waals surface area contributed by atoms with Gasteiger partial charge in [0.05, 0.1) is 14.1 Å². The van der Waals surface area contributed by atoms with Crippen LogP contribution in [-0.4, -0.2) is 31.5 Å². The van der Waals surface area contributed by atoms with E-state index in [9.17, 15) is 18.0 Å². The van der Waals surface area contributed by atoms with Crippen molar-refractivity contribution in [3.8, 4) is 9.88 Å². The summed E-state index contributed by atoms with van der Waals surface area (Å²) in [4.78, 5) is 29.4. The van der Waals surface area contributed by atoms with Crippen molar-refractivity contribution in [2.24, 2.45) is 0 Å². The fourth-order valence-corrected chi connectivity index (χ4v) is 4.57. The Morgan fingerprint density at radius 3 is 2.30 bits per heavy atom. The Morgan fingerprint density at radius 2 is 1.70 bits per heavy atom. The van der Waals surface area contributed by atoms with E-state index < -0.39 is 21.7 Å². The van der Waals surface area contributed by atoms with Crippen LogP contribution in [0.4, 0.5) is 0 Å². The molecule has 0 unspecified atom stereocenters. The summed E-state index contributed by atoms with van der Waals surface area (Å²) < 4.78 is 23.5. The number of amides is 2. The maximum atomic E-state index is 12.1. The van der Waals surface area contributed by atoms with Gasteiger partial charge in [0.15, 0.2) is 9.84 Å². The van der Waals surface area contributed by atoms with Gasteiger partial charge in [0, 0.05) is 17.2 Å². The molecule has 3 aromatic rings. The van der Waals surface area contributed by atoms with E-state index in [2.05, 4.69) is 15.8 Å². The molecule has 0 aliphatic heterocycles. The SMILES string of the molecule is CS(=O)(=O)c1ccc(C(=O)NNC(=O)c2csc(-c3ccc(Cl)s3)n2)cc1. The number of rotatable bonds is 4. The molecule has 0 saturated heterocycles. The Kier molecular flexibility index (Phi) is 5.61. The predicted octanol–water partition coefficient (Wildman–Crippen LogP) is 3.00. The maximum absolute atomic E-state index is 12.1. The zero-order chi connectivity index (χ0) is 19.6. The van der Waals surface area contributed by atoms with E-state index in [4.69, 9.17) is 11.6 Å². The van der Waals surface area contributed by atoms with Gasteiger partial charge >= 0.3 is 0 Å². The van der Waals surface area contributed by atoms with E-state index in [0.29, 0.717) is 9.34 Å². The van der Waals surface area contributed by atoms with Gasteiger partial charge in [-0.25, -0.2) is 13.4 Å². The van der Waals surface area contributed by atoms with E-state index in [1.807, 2.05) is 6.07 Å². The van der Waals surface area contributed by atoms with Gasteiger partial charge < -0.3 is 0 Å². The molecule has 2 N–H and O–H groups in total. The lowest BCUT2D eigenvalue weighted by Gasteiger charge is -2.06. The van der Waals surface area contributed by atoms with Crippen molar-refractivity contribution in [3.05, 3.63) is 57.4 Å². The third-order valence-electron chi connectivity index (χ3n) is 3.36. The van der Waals surface area contributed by atoms with Gasteiger partial charge in [0.1, 0.15) is 10.7 Å². The van der Waals surface area contributed by atoms with Gasteiger partial charge in [-0.15, -0.1) is 22.7 Å². The minimum Gasteiger partial charge on any atom is -0.267 e. The number of carbonyl (C=O) groups excluding carboxylic acids is 2. The average molecular weight is 442 g/mol. The summed E-state index contributed by atoms with van der Waals surface area (Å²) in [6.45, 7) is 0. The highest BCUT2D eigenvalue weighted by Crippen LogP contribution is 2.32. The highest BCUT2D eigenvalue weighted by molar-refractivity contribution is 7.90. The highest BCUT2D eigenvalue weighted by Gasteiger charge is 2.15. The molecule has 140 valence electrons. The average Bonchev–Trinajstić information content (AvgIpc) is 3.27. The largest absolute Gasteiger partial charge is 0.289 e. The number of aromatic nitrogens is 1. The molecule has 1 aromatic carbocycles. The molecule has 0 radical (unpaired) electrons. The topological polar surface area (TPSA) is 105 Å².